The molecule has 0 saturated carbocycles. The number of hydrogen-bond donors (Lipinski definition) is 0. The maximum atomic E-state index is 8.90. The molecule has 0 N–H and O–H groups in total. The summed E-state index contributed by atoms with van der Waals surface area (Å²) in [5.74, 6) is 0.508. The molecule has 0 fully saturated rings. The van der Waals surface area contributed by atoms with Crippen LogP contribution in [0.2, 0.25) is 0 Å². The van der Waals surface area contributed by atoms with Crippen molar-refractivity contribution >= 4 is 0 Å². The molecule has 14 heavy (non-hydrogen) atoms. The Balaban J connectivity index is 3.22. The molecule has 1 rings (SSSR count). The number of nitrogens with zero attached hydrogens (tertiary/aromatic N) is 2. The fourth-order valence-electron chi connectivity index (χ4n) is 1.20. The van der Waals surface area contributed by atoms with Crippen LogP contribution in [0.1, 0.15) is 16.8 Å². The Hall–Kier alpha value is -1.60. The van der Waals surface area contributed by atoms with Crippen LogP contribution >= 0.6 is 0 Å². The minimum Gasteiger partial charge on any atom is -0.481 e. The second kappa shape index (κ2) is 4.58. The van der Waals surface area contributed by atoms with E-state index in [2.05, 4.69) is 11.1 Å². The Bertz CT molecular complexity index is 369. The molecule has 0 radical (unpaired) electrons. The highest BCUT2D eigenvalue weighted by molar-refractivity contribution is 5.42. The first-order valence-electron chi connectivity index (χ1n) is 4.16. The third kappa shape index (κ3) is 2.01. The van der Waals surface area contributed by atoms with Gasteiger partial charge in [-0.1, -0.05) is 0 Å². The fraction of sp³-hybridized carbons (Fsp3) is 0.400. The average Bonchev–Trinajstić information content (AvgIpc) is 2.18. The summed E-state index contributed by atoms with van der Waals surface area (Å²) in [6, 6.07) is 3.84. The summed E-state index contributed by atoms with van der Waals surface area (Å²) in [4.78, 5) is 4.14. The molecule has 0 spiro atoms. The third-order valence-electron chi connectivity index (χ3n) is 1.87. The van der Waals surface area contributed by atoms with Gasteiger partial charge in [-0.25, -0.2) is 4.98 Å². The van der Waals surface area contributed by atoms with Crippen molar-refractivity contribution in [3.8, 4) is 11.9 Å². The Morgan fingerprint density at radius 1 is 1.50 bits per heavy atom. The highest BCUT2D eigenvalue weighted by Crippen LogP contribution is 2.17. The maximum Gasteiger partial charge on any atom is 0.213 e. The zero-order valence-corrected chi connectivity index (χ0v) is 8.50. The number of ether oxygens (including phenoxy) is 2. The molecule has 0 aliphatic heterocycles. The predicted octanol–water partition coefficient (Wildman–Crippen LogP) is 1.42. The van der Waals surface area contributed by atoms with Crippen molar-refractivity contribution in [2.75, 3.05) is 14.2 Å². The van der Waals surface area contributed by atoms with E-state index in [0.29, 0.717) is 23.7 Å². The topological polar surface area (TPSA) is 55.1 Å². The average molecular weight is 192 g/mol. The molecular formula is C10H12N2O2. The lowest BCUT2D eigenvalue weighted by Gasteiger charge is -2.07. The van der Waals surface area contributed by atoms with E-state index in [-0.39, 0.29) is 0 Å². The van der Waals surface area contributed by atoms with Crippen molar-refractivity contribution < 1.29 is 9.47 Å². The van der Waals surface area contributed by atoms with Gasteiger partial charge in [-0.2, -0.15) is 5.26 Å². The van der Waals surface area contributed by atoms with Gasteiger partial charge in [-0.3, -0.25) is 0 Å². The van der Waals surface area contributed by atoms with E-state index in [1.54, 1.807) is 20.3 Å². The Labute approximate surface area is 83.1 Å². The molecule has 0 bridgehead atoms. The molecule has 4 nitrogen and oxygen atoms in total. The van der Waals surface area contributed by atoms with Crippen molar-refractivity contribution in [3.05, 3.63) is 22.9 Å². The molecule has 0 saturated heterocycles. The Morgan fingerprint density at radius 3 is 2.71 bits per heavy atom. The number of rotatable bonds is 3. The minimum atomic E-state index is 0.320. The number of aromatic nitrogens is 1. The third-order valence-corrected chi connectivity index (χ3v) is 1.87. The SMILES string of the molecule is COCc1nc(OC)cc(C)c1C#N. The summed E-state index contributed by atoms with van der Waals surface area (Å²) in [5.41, 5.74) is 2.03. The molecule has 74 valence electrons. The lowest BCUT2D eigenvalue weighted by Crippen LogP contribution is -2.01. The van der Waals surface area contributed by atoms with Crippen molar-refractivity contribution in [2.24, 2.45) is 0 Å². The summed E-state index contributed by atoms with van der Waals surface area (Å²) in [7, 11) is 3.11. The smallest absolute Gasteiger partial charge is 0.213 e. The van der Waals surface area contributed by atoms with Gasteiger partial charge >= 0.3 is 0 Å². The van der Waals surface area contributed by atoms with Crippen molar-refractivity contribution in [1.82, 2.24) is 4.98 Å². The zero-order chi connectivity index (χ0) is 10.6. The van der Waals surface area contributed by atoms with E-state index in [1.165, 1.54) is 0 Å². The van der Waals surface area contributed by atoms with Gasteiger partial charge in [0.15, 0.2) is 0 Å². The van der Waals surface area contributed by atoms with Gasteiger partial charge in [0.05, 0.1) is 25.0 Å². The first-order chi connectivity index (χ1) is 6.72. The summed E-state index contributed by atoms with van der Waals surface area (Å²) in [6.07, 6.45) is 0. The molecule has 0 aliphatic carbocycles. The first-order valence-corrected chi connectivity index (χ1v) is 4.16. The molecule has 1 aromatic rings. The zero-order valence-electron chi connectivity index (χ0n) is 8.50. The van der Waals surface area contributed by atoms with Crippen LogP contribution in [0.5, 0.6) is 5.88 Å². The van der Waals surface area contributed by atoms with Crippen molar-refractivity contribution in [3.63, 3.8) is 0 Å². The van der Waals surface area contributed by atoms with Gasteiger partial charge in [0.2, 0.25) is 5.88 Å². The molecule has 0 amide bonds. The number of nitriles is 1. The van der Waals surface area contributed by atoms with Crippen LogP contribution < -0.4 is 4.74 Å². The second-order valence-electron chi connectivity index (χ2n) is 2.85. The highest BCUT2D eigenvalue weighted by atomic mass is 16.5. The largest absolute Gasteiger partial charge is 0.481 e. The fourth-order valence-corrected chi connectivity index (χ4v) is 1.20. The van der Waals surface area contributed by atoms with Crippen molar-refractivity contribution in [1.29, 1.82) is 5.26 Å². The van der Waals surface area contributed by atoms with E-state index in [1.807, 2.05) is 6.92 Å². The van der Waals surface area contributed by atoms with Crippen LogP contribution in [0.3, 0.4) is 0 Å². The summed E-state index contributed by atoms with van der Waals surface area (Å²) in [5, 5.41) is 8.90. The molecule has 1 aromatic heterocycles. The number of methoxy groups -OCH3 is 2. The summed E-state index contributed by atoms with van der Waals surface area (Å²) < 4.78 is 9.96. The predicted molar refractivity (Wildman–Crippen MR) is 51.0 cm³/mol. The van der Waals surface area contributed by atoms with Crippen LogP contribution in [0, 0.1) is 18.3 Å². The summed E-state index contributed by atoms with van der Waals surface area (Å²) in [6.45, 7) is 2.17. The van der Waals surface area contributed by atoms with E-state index >= 15 is 0 Å². The Kier molecular flexibility index (Phi) is 3.43. The molecular weight excluding hydrogens is 180 g/mol. The lowest BCUT2D eigenvalue weighted by molar-refractivity contribution is 0.180. The van der Waals surface area contributed by atoms with Gasteiger partial charge in [-0.15, -0.1) is 0 Å². The molecule has 0 atom stereocenters. The lowest BCUT2D eigenvalue weighted by atomic mass is 10.1. The van der Waals surface area contributed by atoms with E-state index in [0.717, 1.165) is 5.56 Å². The normalized spacial score (nSPS) is 9.57. The highest BCUT2D eigenvalue weighted by Gasteiger charge is 2.09. The molecule has 0 unspecified atom stereocenters. The number of aryl methyl sites for hydroxylation is 1. The van der Waals surface area contributed by atoms with Crippen LogP contribution in [-0.4, -0.2) is 19.2 Å². The van der Waals surface area contributed by atoms with Crippen LogP contribution in [0.15, 0.2) is 6.07 Å². The molecule has 0 aliphatic rings. The van der Waals surface area contributed by atoms with Gasteiger partial charge in [0.25, 0.3) is 0 Å². The number of hydrogen-bond acceptors (Lipinski definition) is 4. The van der Waals surface area contributed by atoms with Gasteiger partial charge < -0.3 is 9.47 Å². The van der Waals surface area contributed by atoms with Gasteiger partial charge in [0.1, 0.15) is 6.07 Å². The van der Waals surface area contributed by atoms with Crippen LogP contribution in [-0.2, 0) is 11.3 Å². The monoisotopic (exact) mass is 192 g/mol. The first kappa shape index (κ1) is 10.5. The van der Waals surface area contributed by atoms with E-state index < -0.39 is 0 Å². The molecule has 0 aromatic carbocycles. The van der Waals surface area contributed by atoms with Crippen LogP contribution in [0.4, 0.5) is 0 Å². The van der Waals surface area contributed by atoms with Gasteiger partial charge in [0, 0.05) is 13.2 Å². The Morgan fingerprint density at radius 2 is 2.21 bits per heavy atom. The van der Waals surface area contributed by atoms with Crippen LogP contribution in [0.25, 0.3) is 0 Å². The minimum absolute atomic E-state index is 0.320. The second-order valence-corrected chi connectivity index (χ2v) is 2.85. The molecule has 4 heteroatoms. The maximum absolute atomic E-state index is 8.90. The molecule has 1 heterocycles. The number of pyridine rings is 1. The quantitative estimate of drug-likeness (QED) is 0.726. The van der Waals surface area contributed by atoms with Crippen molar-refractivity contribution in [2.45, 2.75) is 13.5 Å². The van der Waals surface area contributed by atoms with E-state index in [9.17, 15) is 0 Å². The standard InChI is InChI=1S/C10H12N2O2/c1-7-4-10(14-3)12-9(6-13-2)8(7)5-11/h4H,6H2,1-3H3. The summed E-state index contributed by atoms with van der Waals surface area (Å²) >= 11 is 0. The van der Waals surface area contributed by atoms with E-state index in [4.69, 9.17) is 14.7 Å². The van der Waals surface area contributed by atoms with Gasteiger partial charge in [-0.05, 0) is 12.5 Å².